The number of nitrogens with one attached hydrogen (secondary N) is 1. The zero-order valence-electron chi connectivity index (χ0n) is 13.1. The lowest BCUT2D eigenvalue weighted by Crippen LogP contribution is -2.13. The molecule has 0 spiro atoms. The molecule has 0 fully saturated rings. The van der Waals surface area contributed by atoms with Crippen LogP contribution in [0.25, 0.3) is 0 Å². The van der Waals surface area contributed by atoms with Crippen LogP contribution in [0, 0.1) is 0 Å². The maximum Gasteiger partial charge on any atom is 0.119 e. The highest BCUT2D eigenvalue weighted by molar-refractivity contribution is 6.35. The average molecular weight is 338 g/mol. The smallest absolute Gasteiger partial charge is 0.119 e. The summed E-state index contributed by atoms with van der Waals surface area (Å²) >= 11 is 12.0. The van der Waals surface area contributed by atoms with Crippen molar-refractivity contribution in [2.45, 2.75) is 26.2 Å². The molecule has 22 heavy (non-hydrogen) atoms. The molecule has 0 bridgehead atoms. The first-order chi connectivity index (χ1) is 10.4. The fraction of sp³-hybridized carbons (Fsp3) is 0.333. The van der Waals surface area contributed by atoms with Gasteiger partial charge in [-0.05, 0) is 41.3 Å². The maximum atomic E-state index is 6.09. The van der Waals surface area contributed by atoms with Crippen LogP contribution >= 0.6 is 23.2 Å². The average Bonchev–Trinajstić information content (AvgIpc) is 2.46. The minimum atomic E-state index is 0.156. The van der Waals surface area contributed by atoms with Gasteiger partial charge in [-0.1, -0.05) is 56.1 Å². The van der Waals surface area contributed by atoms with E-state index in [0.717, 1.165) is 11.4 Å². The van der Waals surface area contributed by atoms with Crippen molar-refractivity contribution >= 4 is 28.9 Å². The van der Waals surface area contributed by atoms with E-state index in [1.165, 1.54) is 5.56 Å². The summed E-state index contributed by atoms with van der Waals surface area (Å²) in [6.07, 6.45) is 0. The number of rotatable bonds is 5. The van der Waals surface area contributed by atoms with Gasteiger partial charge >= 0.3 is 0 Å². The molecule has 1 N–H and O–H groups in total. The molecule has 2 rings (SSSR count). The molecule has 0 aliphatic carbocycles. The molecule has 2 aromatic carbocycles. The summed E-state index contributed by atoms with van der Waals surface area (Å²) in [6, 6.07) is 13.6. The number of anilines is 1. The summed E-state index contributed by atoms with van der Waals surface area (Å²) in [5.74, 6) is 0.868. The van der Waals surface area contributed by atoms with Gasteiger partial charge in [0.1, 0.15) is 12.4 Å². The largest absolute Gasteiger partial charge is 0.492 e. The van der Waals surface area contributed by atoms with Crippen LogP contribution in [0.15, 0.2) is 42.5 Å². The van der Waals surface area contributed by atoms with Gasteiger partial charge in [0.15, 0.2) is 0 Å². The Balaban J connectivity index is 1.83. The molecule has 0 heterocycles. The molecule has 2 aromatic rings. The third kappa shape index (κ3) is 4.82. The second-order valence-electron chi connectivity index (χ2n) is 6.17. The lowest BCUT2D eigenvalue weighted by Gasteiger charge is -2.19. The summed E-state index contributed by atoms with van der Waals surface area (Å²) in [7, 11) is 0. The van der Waals surface area contributed by atoms with E-state index >= 15 is 0 Å². The molecule has 0 amide bonds. The zero-order chi connectivity index (χ0) is 16.2. The highest BCUT2D eigenvalue weighted by Crippen LogP contribution is 2.26. The van der Waals surface area contributed by atoms with Crippen LogP contribution in [0.1, 0.15) is 26.3 Å². The number of halogens is 2. The van der Waals surface area contributed by atoms with Gasteiger partial charge in [0.05, 0.1) is 10.7 Å². The molecule has 0 radical (unpaired) electrons. The Morgan fingerprint density at radius 3 is 2.32 bits per heavy atom. The van der Waals surface area contributed by atoms with Crippen LogP contribution in [0.3, 0.4) is 0 Å². The van der Waals surface area contributed by atoms with Crippen LogP contribution in [0.4, 0.5) is 5.69 Å². The van der Waals surface area contributed by atoms with Crippen molar-refractivity contribution < 1.29 is 4.74 Å². The van der Waals surface area contributed by atoms with E-state index in [1.807, 2.05) is 18.2 Å². The molecule has 0 saturated heterocycles. The van der Waals surface area contributed by atoms with Crippen LogP contribution in [-0.4, -0.2) is 13.2 Å². The van der Waals surface area contributed by atoms with E-state index in [0.29, 0.717) is 23.2 Å². The van der Waals surface area contributed by atoms with Gasteiger partial charge in [-0.15, -0.1) is 0 Å². The summed E-state index contributed by atoms with van der Waals surface area (Å²) < 4.78 is 5.73. The molecule has 0 atom stereocenters. The van der Waals surface area contributed by atoms with Crippen molar-refractivity contribution in [1.29, 1.82) is 0 Å². The van der Waals surface area contributed by atoms with E-state index in [1.54, 1.807) is 12.1 Å². The summed E-state index contributed by atoms with van der Waals surface area (Å²) in [5.41, 5.74) is 2.27. The van der Waals surface area contributed by atoms with Crippen LogP contribution in [-0.2, 0) is 5.41 Å². The topological polar surface area (TPSA) is 21.3 Å². The van der Waals surface area contributed by atoms with Crippen LogP contribution < -0.4 is 10.1 Å². The molecule has 0 unspecified atom stereocenters. The predicted octanol–water partition coefficient (Wildman–Crippen LogP) is 5.78. The van der Waals surface area contributed by atoms with Crippen molar-refractivity contribution in [3.05, 3.63) is 58.1 Å². The van der Waals surface area contributed by atoms with Crippen molar-refractivity contribution in [2.24, 2.45) is 0 Å². The molecule has 2 nitrogen and oxygen atoms in total. The van der Waals surface area contributed by atoms with E-state index in [4.69, 9.17) is 27.9 Å². The summed E-state index contributed by atoms with van der Waals surface area (Å²) in [5, 5.41) is 4.53. The quantitative estimate of drug-likeness (QED) is 0.698. The van der Waals surface area contributed by atoms with Gasteiger partial charge in [-0.3, -0.25) is 0 Å². The number of ether oxygens (including phenoxy) is 1. The minimum Gasteiger partial charge on any atom is -0.492 e. The van der Waals surface area contributed by atoms with Gasteiger partial charge in [0.2, 0.25) is 0 Å². The Kier molecular flexibility index (Phi) is 5.60. The van der Waals surface area contributed by atoms with Crippen molar-refractivity contribution in [1.82, 2.24) is 0 Å². The normalized spacial score (nSPS) is 11.3. The summed E-state index contributed by atoms with van der Waals surface area (Å²) in [4.78, 5) is 0. The Morgan fingerprint density at radius 1 is 1.00 bits per heavy atom. The van der Waals surface area contributed by atoms with Gasteiger partial charge in [-0.2, -0.15) is 0 Å². The SMILES string of the molecule is CC(C)(C)c1ccc(OCCNc2cc(Cl)ccc2Cl)cc1. The lowest BCUT2D eigenvalue weighted by atomic mass is 9.87. The molecular formula is C18H21Cl2NO. The molecule has 0 aliphatic rings. The Morgan fingerprint density at radius 2 is 1.68 bits per heavy atom. The molecular weight excluding hydrogens is 317 g/mol. The third-order valence-corrected chi connectivity index (χ3v) is 3.90. The first-order valence-electron chi connectivity index (χ1n) is 7.28. The second kappa shape index (κ2) is 7.26. The summed E-state index contributed by atoms with van der Waals surface area (Å²) in [6.45, 7) is 7.79. The number of benzene rings is 2. The highest BCUT2D eigenvalue weighted by atomic mass is 35.5. The standard InChI is InChI=1S/C18H21Cl2NO/c1-18(2,3)13-4-7-15(8-5-13)22-11-10-21-17-12-14(19)6-9-16(17)20/h4-9,12,21H,10-11H2,1-3H3. The van der Waals surface area contributed by atoms with E-state index in [2.05, 4.69) is 38.2 Å². The van der Waals surface area contributed by atoms with E-state index < -0.39 is 0 Å². The Labute approximate surface area is 142 Å². The predicted molar refractivity (Wildman–Crippen MR) is 95.6 cm³/mol. The molecule has 0 aromatic heterocycles. The first kappa shape index (κ1) is 17.0. The Hall–Kier alpha value is -1.38. The molecule has 4 heteroatoms. The second-order valence-corrected chi connectivity index (χ2v) is 7.02. The number of hydrogen-bond acceptors (Lipinski definition) is 2. The van der Waals surface area contributed by atoms with Crippen molar-refractivity contribution in [3.8, 4) is 5.75 Å². The van der Waals surface area contributed by atoms with Gasteiger partial charge in [-0.25, -0.2) is 0 Å². The van der Waals surface area contributed by atoms with Gasteiger partial charge < -0.3 is 10.1 Å². The van der Waals surface area contributed by atoms with Crippen molar-refractivity contribution in [2.75, 3.05) is 18.5 Å². The fourth-order valence-electron chi connectivity index (χ4n) is 2.04. The van der Waals surface area contributed by atoms with E-state index in [9.17, 15) is 0 Å². The molecule has 0 aliphatic heterocycles. The minimum absolute atomic E-state index is 0.156. The fourth-order valence-corrected chi connectivity index (χ4v) is 2.40. The first-order valence-corrected chi connectivity index (χ1v) is 8.04. The van der Waals surface area contributed by atoms with Gasteiger partial charge in [0, 0.05) is 11.6 Å². The Bertz CT molecular complexity index is 618. The number of hydrogen-bond donors (Lipinski definition) is 1. The molecule has 118 valence electrons. The lowest BCUT2D eigenvalue weighted by molar-refractivity contribution is 0.332. The van der Waals surface area contributed by atoms with Crippen LogP contribution in [0.2, 0.25) is 10.0 Å². The zero-order valence-corrected chi connectivity index (χ0v) is 14.6. The van der Waals surface area contributed by atoms with Crippen LogP contribution in [0.5, 0.6) is 5.75 Å². The van der Waals surface area contributed by atoms with Gasteiger partial charge in [0.25, 0.3) is 0 Å². The van der Waals surface area contributed by atoms with Crippen molar-refractivity contribution in [3.63, 3.8) is 0 Å². The molecule has 0 saturated carbocycles. The highest BCUT2D eigenvalue weighted by Gasteiger charge is 2.12. The monoisotopic (exact) mass is 337 g/mol. The van der Waals surface area contributed by atoms with E-state index in [-0.39, 0.29) is 5.41 Å². The maximum absolute atomic E-state index is 6.09. The third-order valence-electron chi connectivity index (χ3n) is 3.33.